The van der Waals surface area contributed by atoms with Crippen LogP contribution in [0.2, 0.25) is 0 Å². The maximum Gasteiger partial charge on any atom is 0.100 e. The third-order valence-electron chi connectivity index (χ3n) is 10.6. The molecule has 0 saturated heterocycles. The summed E-state index contributed by atoms with van der Waals surface area (Å²) in [6.07, 6.45) is 3.83. The number of hydrogen-bond donors (Lipinski definition) is 0. The van der Waals surface area contributed by atoms with Crippen LogP contribution in [0.4, 0.5) is 17.1 Å². The average Bonchev–Trinajstić information content (AvgIpc) is 3.94. The predicted molar refractivity (Wildman–Crippen MR) is 241 cm³/mol. The zero-order valence-corrected chi connectivity index (χ0v) is 32.4. The molecule has 0 spiro atoms. The van der Waals surface area contributed by atoms with E-state index in [1.165, 1.54) is 14.7 Å². The van der Waals surface area contributed by atoms with E-state index in [0.29, 0.717) is 0 Å². The molecular formula is C51H38N6S. The molecule has 2 heterocycles. The molecule has 0 atom stereocenters. The third kappa shape index (κ3) is 5.88. The van der Waals surface area contributed by atoms with Gasteiger partial charge in [0.25, 0.3) is 0 Å². The topological polar surface area (TPSA) is 51.2 Å². The molecule has 0 radical (unpaired) electrons. The van der Waals surface area contributed by atoms with Crippen LogP contribution in [0.25, 0.3) is 44.6 Å². The van der Waals surface area contributed by atoms with Crippen LogP contribution in [0.5, 0.6) is 0 Å². The summed E-state index contributed by atoms with van der Waals surface area (Å²) in [7, 11) is -2.29. The number of hydrogen-bond acceptors (Lipinski definition) is 4. The first kappa shape index (κ1) is 35.0. The van der Waals surface area contributed by atoms with Crippen molar-refractivity contribution in [1.29, 1.82) is 0 Å². The first-order valence-electron chi connectivity index (χ1n) is 19.2. The van der Waals surface area contributed by atoms with Crippen molar-refractivity contribution in [2.24, 2.45) is 4.99 Å². The summed E-state index contributed by atoms with van der Waals surface area (Å²) in [6, 6.07) is 73.1. The van der Waals surface area contributed by atoms with Crippen molar-refractivity contribution in [3.8, 4) is 22.5 Å². The monoisotopic (exact) mass is 766 g/mol. The van der Waals surface area contributed by atoms with Gasteiger partial charge in [0.15, 0.2) is 0 Å². The van der Waals surface area contributed by atoms with Gasteiger partial charge in [0.2, 0.25) is 0 Å². The molecule has 0 fully saturated rings. The number of aromatic nitrogens is 4. The number of aliphatic imine (C=N–C) groups is 1. The second-order valence-electron chi connectivity index (χ2n) is 13.9. The Hall–Kier alpha value is -7.48. The Bertz CT molecular complexity index is 2860. The number of rotatable bonds is 10. The van der Waals surface area contributed by atoms with E-state index in [9.17, 15) is 0 Å². The van der Waals surface area contributed by atoms with Gasteiger partial charge in [-0.2, -0.15) is 0 Å². The highest BCUT2D eigenvalue weighted by atomic mass is 32.3. The lowest BCUT2D eigenvalue weighted by Gasteiger charge is -2.51. The lowest BCUT2D eigenvalue weighted by Crippen LogP contribution is -2.25. The van der Waals surface area contributed by atoms with Crippen molar-refractivity contribution in [2.45, 2.75) is 14.7 Å². The van der Waals surface area contributed by atoms with Gasteiger partial charge in [-0.05, 0) is 109 Å². The van der Waals surface area contributed by atoms with E-state index in [2.05, 4.69) is 213 Å². The number of para-hydroxylation sites is 7. The average molecular weight is 767 g/mol. The van der Waals surface area contributed by atoms with Gasteiger partial charge < -0.3 is 0 Å². The molecule has 0 unspecified atom stereocenters. The number of anilines is 2. The highest BCUT2D eigenvalue weighted by Crippen LogP contribution is 2.74. The number of fused-ring (bicyclic) bond motifs is 2. The molecule has 0 bridgehead atoms. The third-order valence-corrected chi connectivity index (χ3v) is 14.4. The zero-order chi connectivity index (χ0) is 38.9. The SMILES string of the molecule is C=Nc1ccccc1N(c1ccccc1-c1cc(-n2cnc3ccccc32)cc(-n2cnc3ccccc32)c1)S(c1ccccc1)(c1ccccc1)c1ccccc1. The van der Waals surface area contributed by atoms with E-state index in [-0.39, 0.29) is 0 Å². The van der Waals surface area contributed by atoms with Crippen molar-refractivity contribution in [3.05, 3.63) is 219 Å². The maximum absolute atomic E-state index is 4.80. The standard InChI is InChI=1S/C51H38N6S/c1-52-45-26-12-18-32-51(45)57(58(41-19-5-2-6-20-41,42-21-7-3-8-22-42)43-23-9-4-10-24-43)48-29-15-11-25-44(48)38-33-39(55-36-53-46-27-13-16-30-49(46)55)35-40(34-38)56-37-54-47-28-14-17-31-50(47)56/h2-37H,1H2. The van der Waals surface area contributed by atoms with Crippen molar-refractivity contribution in [2.75, 3.05) is 4.31 Å². The van der Waals surface area contributed by atoms with Crippen molar-refractivity contribution >= 4 is 56.1 Å². The normalized spacial score (nSPS) is 11.8. The van der Waals surface area contributed by atoms with Crippen molar-refractivity contribution in [1.82, 2.24) is 19.1 Å². The molecule has 7 heteroatoms. The summed E-state index contributed by atoms with van der Waals surface area (Å²) in [5.74, 6) is 0. The summed E-state index contributed by atoms with van der Waals surface area (Å²) in [5.41, 5.74) is 10.8. The summed E-state index contributed by atoms with van der Waals surface area (Å²) in [5, 5.41) is 0. The lowest BCUT2D eigenvalue weighted by atomic mass is 10.0. The molecule has 0 saturated carbocycles. The quantitative estimate of drug-likeness (QED) is 0.130. The first-order chi connectivity index (χ1) is 28.7. The number of benzene rings is 8. The van der Waals surface area contributed by atoms with Crippen LogP contribution in [-0.2, 0) is 0 Å². The van der Waals surface area contributed by atoms with E-state index >= 15 is 0 Å². The molecule has 8 aromatic carbocycles. The minimum atomic E-state index is -2.29. The van der Waals surface area contributed by atoms with E-state index in [4.69, 9.17) is 9.97 Å². The van der Waals surface area contributed by atoms with Gasteiger partial charge in [0.05, 0.1) is 39.1 Å². The molecule has 58 heavy (non-hydrogen) atoms. The summed E-state index contributed by atoms with van der Waals surface area (Å²) in [6.45, 7) is 4.09. The minimum absolute atomic E-state index is 0.793. The van der Waals surface area contributed by atoms with Crippen LogP contribution >= 0.6 is 10.2 Å². The Morgan fingerprint density at radius 3 is 1.40 bits per heavy atom. The Kier molecular flexibility index (Phi) is 8.97. The number of nitrogens with zero attached hydrogens (tertiary/aromatic N) is 6. The van der Waals surface area contributed by atoms with Gasteiger partial charge in [-0.1, -0.05) is 119 Å². The van der Waals surface area contributed by atoms with E-state index < -0.39 is 10.2 Å². The molecular weight excluding hydrogens is 729 g/mol. The minimum Gasteiger partial charge on any atom is -0.299 e. The molecule has 10 rings (SSSR count). The van der Waals surface area contributed by atoms with Crippen LogP contribution in [-0.4, -0.2) is 25.8 Å². The van der Waals surface area contributed by atoms with Crippen LogP contribution < -0.4 is 4.31 Å². The van der Waals surface area contributed by atoms with Gasteiger partial charge in [0.1, 0.15) is 12.7 Å². The Morgan fingerprint density at radius 1 is 0.448 bits per heavy atom. The van der Waals surface area contributed by atoms with Gasteiger partial charge in [0, 0.05) is 31.6 Å². The first-order valence-corrected chi connectivity index (χ1v) is 20.8. The lowest BCUT2D eigenvalue weighted by molar-refractivity contribution is 1.06. The molecule has 0 N–H and O–H groups in total. The van der Waals surface area contributed by atoms with E-state index in [1.807, 2.05) is 30.9 Å². The molecule has 2 aromatic heterocycles. The molecule has 0 aliphatic rings. The summed E-state index contributed by atoms with van der Waals surface area (Å²) in [4.78, 5) is 17.8. The summed E-state index contributed by atoms with van der Waals surface area (Å²) >= 11 is 0. The zero-order valence-electron chi connectivity index (χ0n) is 31.6. The second kappa shape index (κ2) is 14.9. The fourth-order valence-corrected chi connectivity index (χ4v) is 12.0. The van der Waals surface area contributed by atoms with Gasteiger partial charge in [-0.3, -0.25) is 18.4 Å². The van der Waals surface area contributed by atoms with E-state index in [1.54, 1.807) is 0 Å². The van der Waals surface area contributed by atoms with Crippen LogP contribution in [0.3, 0.4) is 0 Å². The van der Waals surface area contributed by atoms with Crippen LogP contribution in [0.15, 0.2) is 239 Å². The highest BCUT2D eigenvalue weighted by molar-refractivity contribution is 8.35. The molecule has 0 aliphatic carbocycles. The molecule has 6 nitrogen and oxygen atoms in total. The van der Waals surface area contributed by atoms with Crippen molar-refractivity contribution in [3.63, 3.8) is 0 Å². The van der Waals surface area contributed by atoms with E-state index in [0.717, 1.165) is 61.6 Å². The van der Waals surface area contributed by atoms with Crippen LogP contribution in [0, 0.1) is 0 Å². The van der Waals surface area contributed by atoms with Gasteiger partial charge in [-0.15, -0.1) is 0 Å². The maximum atomic E-state index is 4.80. The van der Waals surface area contributed by atoms with Gasteiger partial charge in [-0.25, -0.2) is 9.97 Å². The molecule has 0 aliphatic heterocycles. The molecule has 278 valence electrons. The Balaban J connectivity index is 1.32. The largest absolute Gasteiger partial charge is 0.299 e. The fraction of sp³-hybridized carbons (Fsp3) is 0. The van der Waals surface area contributed by atoms with Gasteiger partial charge >= 0.3 is 0 Å². The second-order valence-corrected chi connectivity index (χ2v) is 16.9. The van der Waals surface area contributed by atoms with Crippen molar-refractivity contribution < 1.29 is 0 Å². The summed E-state index contributed by atoms with van der Waals surface area (Å²) < 4.78 is 6.90. The number of imidazole rings is 2. The molecule has 10 aromatic rings. The van der Waals surface area contributed by atoms with Crippen LogP contribution in [0.1, 0.15) is 0 Å². The predicted octanol–water partition coefficient (Wildman–Crippen LogP) is 13.4. The Labute approximate surface area is 339 Å². The smallest absolute Gasteiger partial charge is 0.100 e. The highest BCUT2D eigenvalue weighted by Gasteiger charge is 2.40. The fourth-order valence-electron chi connectivity index (χ4n) is 8.02. The Morgan fingerprint density at radius 2 is 0.879 bits per heavy atom. The molecule has 0 amide bonds.